The third-order valence-corrected chi connectivity index (χ3v) is 6.18. The van der Waals surface area contributed by atoms with Gasteiger partial charge in [-0.05, 0) is 44.6 Å². The van der Waals surface area contributed by atoms with Gasteiger partial charge < -0.3 is 15.1 Å². The summed E-state index contributed by atoms with van der Waals surface area (Å²) in [5, 5.41) is 3.33. The first-order valence-electron chi connectivity index (χ1n) is 11.5. The summed E-state index contributed by atoms with van der Waals surface area (Å²) in [5.41, 5.74) is 0. The highest BCUT2D eigenvalue weighted by Crippen LogP contribution is 2.26. The van der Waals surface area contributed by atoms with E-state index in [0.717, 1.165) is 89.7 Å². The second-order valence-electron chi connectivity index (χ2n) is 8.38. The lowest BCUT2D eigenvalue weighted by atomic mass is 9.92. The minimum atomic E-state index is 0.353. The van der Waals surface area contributed by atoms with Crippen LogP contribution in [0, 0.1) is 5.92 Å². The summed E-state index contributed by atoms with van der Waals surface area (Å²) < 4.78 is 0. The van der Waals surface area contributed by atoms with Gasteiger partial charge in [0.25, 0.3) is 0 Å². The van der Waals surface area contributed by atoms with Crippen LogP contribution in [0.3, 0.4) is 0 Å². The van der Waals surface area contributed by atoms with Gasteiger partial charge in [-0.3, -0.25) is 9.69 Å². The quantitative estimate of drug-likeness (QED) is 0.685. The Kier molecular flexibility index (Phi) is 8.52. The fourth-order valence-corrected chi connectivity index (χ4v) is 4.34. The van der Waals surface area contributed by atoms with E-state index < -0.39 is 0 Å². The maximum atomic E-state index is 12.6. The van der Waals surface area contributed by atoms with Crippen molar-refractivity contribution in [2.45, 2.75) is 52.4 Å². The maximum Gasteiger partial charge on any atom is 0.222 e. The zero-order valence-electron chi connectivity index (χ0n) is 18.3. The number of hydrogen-bond acceptors (Lipinski definition) is 6. The molecule has 1 aromatic rings. The lowest BCUT2D eigenvalue weighted by molar-refractivity contribution is -0.133. The Morgan fingerprint density at radius 3 is 2.52 bits per heavy atom. The molecule has 1 N–H and O–H groups in total. The number of rotatable bonds is 9. The van der Waals surface area contributed by atoms with Crippen LogP contribution in [0.15, 0.2) is 12.4 Å². The molecule has 0 radical (unpaired) electrons. The molecule has 2 fully saturated rings. The van der Waals surface area contributed by atoms with Gasteiger partial charge in [0, 0.05) is 58.3 Å². The van der Waals surface area contributed by atoms with Crippen LogP contribution in [0.25, 0.3) is 0 Å². The predicted octanol–water partition coefficient (Wildman–Crippen LogP) is 2.85. The number of hydrogen-bond donors (Lipinski definition) is 1. The first-order chi connectivity index (χ1) is 14.2. The van der Waals surface area contributed by atoms with Crippen molar-refractivity contribution < 1.29 is 4.79 Å². The van der Waals surface area contributed by atoms with Crippen molar-refractivity contribution in [2.24, 2.45) is 5.92 Å². The normalized spacial score (nSPS) is 18.8. The summed E-state index contributed by atoms with van der Waals surface area (Å²) >= 11 is 0. The summed E-state index contributed by atoms with van der Waals surface area (Å²) in [6, 6.07) is 2.05. The van der Waals surface area contributed by atoms with Gasteiger partial charge in [-0.25, -0.2) is 9.97 Å². The average Bonchev–Trinajstić information content (AvgIpc) is 2.77. The number of carbonyl (C=O) groups is 1. The van der Waals surface area contributed by atoms with Gasteiger partial charge in [0.2, 0.25) is 5.91 Å². The summed E-state index contributed by atoms with van der Waals surface area (Å²) in [5.74, 6) is 2.92. The SMILES string of the molecule is CCCNc1cc(N2CCC(CCC(=O)N3CCN(CCC)CC3)CC2)ncn1. The lowest BCUT2D eigenvalue weighted by Gasteiger charge is -2.35. The highest BCUT2D eigenvalue weighted by molar-refractivity contribution is 5.76. The number of nitrogens with zero attached hydrogens (tertiary/aromatic N) is 5. The molecule has 0 atom stereocenters. The van der Waals surface area contributed by atoms with Crippen molar-refractivity contribution in [3.63, 3.8) is 0 Å². The zero-order chi connectivity index (χ0) is 20.5. The smallest absolute Gasteiger partial charge is 0.222 e. The van der Waals surface area contributed by atoms with Crippen molar-refractivity contribution >= 4 is 17.5 Å². The van der Waals surface area contributed by atoms with Gasteiger partial charge in [0.15, 0.2) is 0 Å². The standard InChI is InChI=1S/C22H38N6O/c1-3-9-23-20-17-21(25-18-24-20)27-11-7-19(8-12-27)5-6-22(29)28-15-13-26(10-4-2)14-16-28/h17-19H,3-16H2,1-2H3,(H,23,24,25). The Hall–Kier alpha value is -1.89. The van der Waals surface area contributed by atoms with E-state index in [2.05, 4.69) is 49.9 Å². The molecule has 29 heavy (non-hydrogen) atoms. The van der Waals surface area contributed by atoms with Gasteiger partial charge in [0.05, 0.1) is 0 Å². The van der Waals surface area contributed by atoms with E-state index in [4.69, 9.17) is 0 Å². The average molecular weight is 403 g/mol. The number of anilines is 2. The molecule has 1 aromatic heterocycles. The molecule has 0 spiro atoms. The van der Waals surface area contributed by atoms with Crippen LogP contribution < -0.4 is 10.2 Å². The van der Waals surface area contributed by atoms with Crippen LogP contribution in [0.1, 0.15) is 52.4 Å². The van der Waals surface area contributed by atoms with E-state index >= 15 is 0 Å². The maximum absolute atomic E-state index is 12.6. The number of amides is 1. The first kappa shape index (κ1) is 21.8. The number of carbonyl (C=O) groups excluding carboxylic acids is 1. The molecule has 3 rings (SSSR count). The van der Waals surface area contributed by atoms with E-state index in [9.17, 15) is 4.79 Å². The monoisotopic (exact) mass is 402 g/mol. The van der Waals surface area contributed by atoms with Gasteiger partial charge in [-0.1, -0.05) is 13.8 Å². The molecule has 7 heteroatoms. The van der Waals surface area contributed by atoms with Crippen molar-refractivity contribution in [1.82, 2.24) is 19.8 Å². The van der Waals surface area contributed by atoms with Crippen LogP contribution in [0.4, 0.5) is 11.6 Å². The Balaban J connectivity index is 1.37. The third kappa shape index (κ3) is 6.56. The number of piperazine rings is 1. The third-order valence-electron chi connectivity index (χ3n) is 6.18. The predicted molar refractivity (Wildman–Crippen MR) is 118 cm³/mol. The summed E-state index contributed by atoms with van der Waals surface area (Å²) in [6.45, 7) is 12.4. The second-order valence-corrected chi connectivity index (χ2v) is 8.38. The molecule has 2 aliphatic rings. The van der Waals surface area contributed by atoms with Crippen LogP contribution in [-0.4, -0.2) is 78.0 Å². The van der Waals surface area contributed by atoms with Gasteiger partial charge >= 0.3 is 0 Å². The molecule has 7 nitrogen and oxygen atoms in total. The molecule has 1 amide bonds. The molecule has 0 aliphatic carbocycles. The Morgan fingerprint density at radius 2 is 1.83 bits per heavy atom. The topological polar surface area (TPSA) is 64.6 Å². The van der Waals surface area contributed by atoms with Crippen LogP contribution >= 0.6 is 0 Å². The lowest BCUT2D eigenvalue weighted by Crippen LogP contribution is -2.48. The van der Waals surface area contributed by atoms with E-state index in [1.165, 1.54) is 6.42 Å². The molecule has 0 aromatic carbocycles. The molecule has 3 heterocycles. The molecule has 162 valence electrons. The number of aromatic nitrogens is 2. The van der Waals surface area contributed by atoms with E-state index in [-0.39, 0.29) is 0 Å². The summed E-state index contributed by atoms with van der Waals surface area (Å²) in [7, 11) is 0. The first-order valence-corrected chi connectivity index (χ1v) is 11.5. The Bertz CT molecular complexity index is 623. The van der Waals surface area contributed by atoms with E-state index in [1.54, 1.807) is 6.33 Å². The summed E-state index contributed by atoms with van der Waals surface area (Å²) in [6.07, 6.45) is 7.93. The molecule has 0 saturated carbocycles. The van der Waals surface area contributed by atoms with Crippen molar-refractivity contribution in [3.05, 3.63) is 12.4 Å². The largest absolute Gasteiger partial charge is 0.370 e. The molecule has 0 unspecified atom stereocenters. The van der Waals surface area contributed by atoms with Crippen LogP contribution in [0.5, 0.6) is 0 Å². The van der Waals surface area contributed by atoms with Crippen molar-refractivity contribution in [2.75, 3.05) is 62.6 Å². The fourth-order valence-electron chi connectivity index (χ4n) is 4.34. The Morgan fingerprint density at radius 1 is 1.07 bits per heavy atom. The second kappa shape index (κ2) is 11.3. The minimum absolute atomic E-state index is 0.353. The highest BCUT2D eigenvalue weighted by Gasteiger charge is 2.24. The van der Waals surface area contributed by atoms with Gasteiger partial charge in [-0.2, -0.15) is 0 Å². The van der Waals surface area contributed by atoms with Crippen molar-refractivity contribution in [1.29, 1.82) is 0 Å². The number of piperidine rings is 1. The van der Waals surface area contributed by atoms with E-state index in [1.807, 2.05) is 0 Å². The Labute approximate surface area is 175 Å². The van der Waals surface area contributed by atoms with Gasteiger partial charge in [-0.15, -0.1) is 0 Å². The molecule has 2 saturated heterocycles. The van der Waals surface area contributed by atoms with Crippen molar-refractivity contribution in [3.8, 4) is 0 Å². The molecule has 2 aliphatic heterocycles. The highest BCUT2D eigenvalue weighted by atomic mass is 16.2. The molecular weight excluding hydrogens is 364 g/mol. The summed E-state index contributed by atoms with van der Waals surface area (Å²) in [4.78, 5) is 28.2. The zero-order valence-corrected chi connectivity index (χ0v) is 18.3. The van der Waals surface area contributed by atoms with Gasteiger partial charge in [0.1, 0.15) is 18.0 Å². The van der Waals surface area contributed by atoms with Crippen LogP contribution in [-0.2, 0) is 4.79 Å². The number of nitrogens with one attached hydrogen (secondary N) is 1. The molecule has 0 bridgehead atoms. The fraction of sp³-hybridized carbons (Fsp3) is 0.773. The minimum Gasteiger partial charge on any atom is -0.370 e. The van der Waals surface area contributed by atoms with Crippen LogP contribution in [0.2, 0.25) is 0 Å². The molecular formula is C22H38N6O. The van der Waals surface area contributed by atoms with E-state index in [0.29, 0.717) is 18.2 Å².